The van der Waals surface area contributed by atoms with Gasteiger partial charge >= 0.3 is 128 Å². The molecule has 52 heteroatoms. The van der Waals surface area contributed by atoms with Gasteiger partial charge < -0.3 is 15.4 Å². The van der Waals surface area contributed by atoms with Crippen LogP contribution >= 0.6 is 0 Å². The number of hydrogen-bond donors (Lipinski definition) is 3. The molecule has 0 bridgehead atoms. The number of carbonyl (C=O) groups excluding carboxylic acids is 1. The van der Waals surface area contributed by atoms with Crippen molar-refractivity contribution in [2.75, 3.05) is 5.32 Å². The molecule has 6 unspecified atom stereocenters. The van der Waals surface area contributed by atoms with Crippen molar-refractivity contribution in [2.45, 2.75) is 128 Å². The highest BCUT2D eigenvalue weighted by molar-refractivity contribution is 6.58. The molecule has 1 amide bonds. The van der Waals surface area contributed by atoms with E-state index >= 15 is 26.3 Å². The third-order valence-electron chi connectivity index (χ3n) is 8.72. The van der Waals surface area contributed by atoms with Gasteiger partial charge in [0, 0.05) is 16.8 Å². The van der Waals surface area contributed by atoms with Crippen LogP contribution in [-0.2, 0) is 39.1 Å². The van der Waals surface area contributed by atoms with Crippen LogP contribution in [0.4, 0.5) is 186 Å². The van der Waals surface area contributed by atoms with Gasteiger partial charge in [0.15, 0.2) is 0 Å². The minimum absolute atomic E-state index is 0.406. The molecule has 0 aliphatic carbocycles. The maximum Gasteiger partial charge on any atom is 0.488 e. The lowest BCUT2D eigenvalue weighted by molar-refractivity contribution is -0.605. The van der Waals surface area contributed by atoms with Gasteiger partial charge in [0.1, 0.15) is 0 Å². The fourth-order valence-electron chi connectivity index (χ4n) is 4.63. The van der Waals surface area contributed by atoms with Crippen LogP contribution in [0.5, 0.6) is 0 Å². The second-order valence-corrected chi connectivity index (χ2v) is 14.8. The molecule has 1 aromatic carbocycles. The summed E-state index contributed by atoms with van der Waals surface area (Å²) in [5.41, 5.74) is -7.98. The van der Waals surface area contributed by atoms with E-state index in [1.165, 1.54) is 0 Å². The fraction of sp³-hybridized carbons (Fsp3) is 0.700. The third kappa shape index (κ3) is 12.9. The molecule has 10 nitrogen and oxygen atoms in total. The Bertz CT molecular complexity index is 2470. The normalized spacial score (nSPS) is 19.5. The van der Waals surface area contributed by atoms with Crippen molar-refractivity contribution < 1.29 is 223 Å². The Morgan fingerprint density at radius 2 is 0.634 bits per heavy atom. The molecule has 0 aromatic heterocycles. The molecule has 1 rings (SSSR count). The van der Waals surface area contributed by atoms with Gasteiger partial charge in [-0.1, -0.05) is 18.7 Å². The van der Waals surface area contributed by atoms with Crippen molar-refractivity contribution in [3.63, 3.8) is 0 Å². The zero-order valence-electron chi connectivity index (χ0n) is 36.3. The first-order valence-corrected chi connectivity index (χ1v) is 18.0. The monoisotopic (exact) mass is 1320 g/mol. The van der Waals surface area contributed by atoms with Gasteiger partial charge in [0.05, 0.1) is 0 Å². The van der Waals surface area contributed by atoms with Gasteiger partial charge in [0.2, 0.25) is 0 Å². The van der Waals surface area contributed by atoms with E-state index in [4.69, 9.17) is 0 Å². The summed E-state index contributed by atoms with van der Waals surface area (Å²) in [5, 5.41) is 19.3. The summed E-state index contributed by atoms with van der Waals surface area (Å²) in [6.07, 6.45) is -119. The van der Waals surface area contributed by atoms with Crippen LogP contribution in [-0.4, -0.2) is 138 Å². The highest BCUT2D eigenvalue weighted by Gasteiger charge is 2.92. The van der Waals surface area contributed by atoms with E-state index in [2.05, 4.69) is 6.58 Å². The number of rotatable bonds is 22. The molecule has 0 aliphatic rings. The molecule has 0 saturated heterocycles. The van der Waals surface area contributed by atoms with Gasteiger partial charge in [-0.25, -0.2) is 0 Å². The third-order valence-corrected chi connectivity index (χ3v) is 8.72. The molecule has 1 aromatic rings. The Morgan fingerprint density at radius 1 is 0.390 bits per heavy atom. The number of halogens is 41. The van der Waals surface area contributed by atoms with Crippen LogP contribution in [0.25, 0.3) is 0 Å². The standard InChI is InChI=1S/C30H11BF41NO9/c1-6(2)10(74)73-9-5-7(31(75)76)3-4-8(9)11(32,18(40,41)42)77-26(63,64)13(35,20(46,47)48)79-28(67,68)15(37,22(52,53)54)81-30(71,72)17(39,24(58,59)60)82-29(69,70)16(38,23(55,56)57)80-27(65,66)14(36,21(49,50)51)78-25(61,62)12(33,34)19(43,44)45/h3-5,75-76H,1H2,2H3,(H,73,74). The van der Waals surface area contributed by atoms with E-state index < -0.39 is 174 Å². The van der Waals surface area contributed by atoms with E-state index in [1.807, 2.05) is 4.74 Å². The molecule has 3 N–H and O–H groups in total. The van der Waals surface area contributed by atoms with Crippen LogP contribution in [0.1, 0.15) is 12.5 Å². The maximum absolute atomic E-state index is 15.8. The molecule has 0 fully saturated rings. The zero-order chi connectivity index (χ0) is 66.5. The SMILES string of the molecule is C=C(C)C(=O)Nc1cc(B(O)O)ccc1C(F)(OC(F)(F)C(F)(OC(F)(F)C(F)(OC(F)(F)C(F)(OC(F)(F)C(F)(OC(F)(F)C(F)(OC(F)(F)C(F)(F)C(F)(F)F)C(F)(F)F)C(F)(F)F)C(F)(F)F)C(F)(F)F)C(F)(F)F)C(F)(F)F. The van der Waals surface area contributed by atoms with E-state index in [0.717, 1.165) is 19.5 Å². The summed E-state index contributed by atoms with van der Waals surface area (Å²) in [6, 6.07) is -1.78. The van der Waals surface area contributed by atoms with Gasteiger partial charge in [-0.2, -0.15) is 180 Å². The molecule has 0 radical (unpaired) electrons. The smallest absolute Gasteiger partial charge is 0.423 e. The Hall–Kier alpha value is -4.70. The first kappa shape index (κ1) is 75.3. The molecule has 0 saturated carbocycles. The van der Waals surface area contributed by atoms with Crippen molar-refractivity contribution in [1.82, 2.24) is 0 Å². The molecule has 0 heterocycles. The maximum atomic E-state index is 15.8. The van der Waals surface area contributed by atoms with E-state index in [-0.39, 0.29) is 0 Å². The number of ether oxygens (including phenoxy) is 6. The predicted molar refractivity (Wildman–Crippen MR) is 165 cm³/mol. The Balaban J connectivity index is 4.41. The van der Waals surface area contributed by atoms with Crippen LogP contribution in [0.15, 0.2) is 30.4 Å². The van der Waals surface area contributed by atoms with E-state index in [9.17, 15) is 169 Å². The Kier molecular flexibility index (Phi) is 19.4. The summed E-state index contributed by atoms with van der Waals surface area (Å²) in [6.45, 7) is 3.25. The lowest BCUT2D eigenvalue weighted by Crippen LogP contribution is -2.73. The fourth-order valence-corrected chi connectivity index (χ4v) is 4.63. The van der Waals surface area contributed by atoms with Crippen molar-refractivity contribution in [1.29, 1.82) is 0 Å². The molecule has 0 spiro atoms. The van der Waals surface area contributed by atoms with Gasteiger partial charge in [0.25, 0.3) is 5.91 Å². The number of nitrogens with one attached hydrogen (secondary N) is 1. The summed E-state index contributed by atoms with van der Waals surface area (Å²) in [4.78, 5) is 12.0. The van der Waals surface area contributed by atoms with Crippen LogP contribution in [0, 0.1) is 0 Å². The predicted octanol–water partition coefficient (Wildman–Crippen LogP) is 12.6. The average Bonchev–Trinajstić information content (AvgIpc) is 3.19. The minimum atomic E-state index is -9.94. The van der Waals surface area contributed by atoms with Gasteiger partial charge in [-0.05, 0) is 18.5 Å². The molecule has 82 heavy (non-hydrogen) atoms. The first-order chi connectivity index (χ1) is 35.1. The molecule has 0 aliphatic heterocycles. The van der Waals surface area contributed by atoms with Gasteiger partial charge in [-0.15, -0.1) is 0 Å². The number of carbonyl (C=O) groups is 1. The van der Waals surface area contributed by atoms with E-state index in [0.29, 0.717) is 16.4 Å². The topological polar surface area (TPSA) is 125 Å². The molecular weight excluding hydrogens is 1310 g/mol. The van der Waals surface area contributed by atoms with Crippen LogP contribution in [0.2, 0.25) is 0 Å². The van der Waals surface area contributed by atoms with E-state index in [1.54, 1.807) is 0 Å². The lowest BCUT2D eigenvalue weighted by Gasteiger charge is -2.45. The number of anilines is 1. The molecular formula is C30H11BF41NO9. The summed E-state index contributed by atoms with van der Waals surface area (Å²) < 4.78 is 580. The Labute approximate surface area is 417 Å². The average molecular weight is 1320 g/mol. The highest BCUT2D eigenvalue weighted by Crippen LogP contribution is 2.64. The number of benzene rings is 1. The van der Waals surface area contributed by atoms with Crippen molar-refractivity contribution >= 4 is 24.2 Å². The molecule has 480 valence electrons. The van der Waals surface area contributed by atoms with Crippen LogP contribution < -0.4 is 10.8 Å². The Morgan fingerprint density at radius 3 is 0.841 bits per heavy atom. The molecule has 6 atom stereocenters. The largest absolute Gasteiger partial charge is 0.488 e. The minimum Gasteiger partial charge on any atom is -0.423 e. The quantitative estimate of drug-likeness (QED) is 0.0591. The summed E-state index contributed by atoms with van der Waals surface area (Å²) in [5.74, 6) is -66.4. The second kappa shape index (κ2) is 21.1. The van der Waals surface area contributed by atoms with Crippen molar-refractivity contribution in [2.24, 2.45) is 0 Å². The summed E-state index contributed by atoms with van der Waals surface area (Å²) >= 11 is 0. The van der Waals surface area contributed by atoms with Crippen molar-refractivity contribution in [3.05, 3.63) is 35.9 Å². The van der Waals surface area contributed by atoms with Crippen molar-refractivity contribution in [3.8, 4) is 0 Å². The lowest BCUT2D eigenvalue weighted by atomic mass is 9.79. The highest BCUT2D eigenvalue weighted by atomic mass is 19.5. The number of hydrogen-bond acceptors (Lipinski definition) is 9. The zero-order valence-corrected chi connectivity index (χ0v) is 36.3. The second-order valence-electron chi connectivity index (χ2n) is 14.8. The first-order valence-electron chi connectivity index (χ1n) is 18.0. The summed E-state index contributed by atoms with van der Waals surface area (Å²) in [7, 11) is -3.11. The number of alkyl halides is 41. The van der Waals surface area contributed by atoms with Gasteiger partial charge in [-0.3, -0.25) is 33.2 Å². The van der Waals surface area contributed by atoms with Crippen LogP contribution in [0.3, 0.4) is 0 Å². The number of amides is 1.